The lowest BCUT2D eigenvalue weighted by molar-refractivity contribution is -0.119. The molecule has 1 aromatic heterocycles. The predicted octanol–water partition coefficient (Wildman–Crippen LogP) is 3.71. The highest BCUT2D eigenvalue weighted by atomic mass is 16.5. The van der Waals surface area contributed by atoms with Crippen molar-refractivity contribution in [3.05, 3.63) is 76.6 Å². The number of hydrogen-bond acceptors (Lipinski definition) is 5. The van der Waals surface area contributed by atoms with E-state index in [2.05, 4.69) is 10.4 Å². The maximum Gasteiger partial charge on any atom is 0.267 e. The van der Waals surface area contributed by atoms with Gasteiger partial charge in [0.2, 0.25) is 5.91 Å². The molecule has 30 heavy (non-hydrogen) atoms. The molecule has 0 bridgehead atoms. The molecule has 1 atom stereocenters. The Morgan fingerprint density at radius 3 is 2.30 bits per heavy atom. The Hall–Kier alpha value is -3.74. The van der Waals surface area contributed by atoms with Crippen LogP contribution in [-0.2, 0) is 4.79 Å². The Kier molecular flexibility index (Phi) is 6.41. The Morgan fingerprint density at radius 1 is 1.03 bits per heavy atom. The zero-order valence-electron chi connectivity index (χ0n) is 17.1. The van der Waals surface area contributed by atoms with Gasteiger partial charge in [-0.3, -0.25) is 14.4 Å². The summed E-state index contributed by atoms with van der Waals surface area (Å²) in [5.74, 6) is 0.310. The van der Waals surface area contributed by atoms with Crippen molar-refractivity contribution in [1.82, 2.24) is 9.78 Å². The smallest absolute Gasteiger partial charge is 0.267 e. The van der Waals surface area contributed by atoms with E-state index in [0.717, 1.165) is 16.0 Å². The molecule has 1 heterocycles. The highest BCUT2D eigenvalue weighted by Gasteiger charge is 2.18. The average molecular weight is 405 g/mol. The Balaban J connectivity index is 1.80. The maximum absolute atomic E-state index is 12.7. The molecule has 0 radical (unpaired) electrons. The molecule has 2 aromatic carbocycles. The summed E-state index contributed by atoms with van der Waals surface area (Å²) < 4.78 is 6.60. The molecule has 3 rings (SSSR count). The lowest BCUT2D eigenvalue weighted by Crippen LogP contribution is -2.33. The van der Waals surface area contributed by atoms with Crippen molar-refractivity contribution < 1.29 is 14.3 Å². The van der Waals surface area contributed by atoms with Crippen LogP contribution in [0.25, 0.3) is 11.3 Å². The third-order valence-electron chi connectivity index (χ3n) is 4.59. The minimum Gasteiger partial charge on any atom is -0.494 e. The summed E-state index contributed by atoms with van der Waals surface area (Å²) >= 11 is 0. The lowest BCUT2D eigenvalue weighted by Gasteiger charge is -2.15. The predicted molar refractivity (Wildman–Crippen MR) is 115 cm³/mol. The van der Waals surface area contributed by atoms with E-state index in [9.17, 15) is 14.4 Å². The van der Waals surface area contributed by atoms with Crippen molar-refractivity contribution in [3.8, 4) is 17.0 Å². The van der Waals surface area contributed by atoms with Gasteiger partial charge in [-0.15, -0.1) is 0 Å². The molecule has 7 heteroatoms. The third-order valence-corrected chi connectivity index (χ3v) is 4.59. The number of Topliss-reactive ketones (excluding diaryl/α,β-unsaturated/α-hetero) is 1. The molecule has 3 aromatic rings. The van der Waals surface area contributed by atoms with E-state index in [1.165, 1.54) is 13.0 Å². The van der Waals surface area contributed by atoms with Gasteiger partial charge in [0.15, 0.2) is 5.78 Å². The average Bonchev–Trinajstić information content (AvgIpc) is 2.75. The summed E-state index contributed by atoms with van der Waals surface area (Å²) in [7, 11) is 0. The number of hydrogen-bond donors (Lipinski definition) is 1. The van der Waals surface area contributed by atoms with Gasteiger partial charge in [0.05, 0.1) is 12.3 Å². The molecular formula is C23H23N3O4. The van der Waals surface area contributed by atoms with Gasteiger partial charge in [-0.25, -0.2) is 4.68 Å². The molecule has 1 unspecified atom stereocenters. The molecule has 0 aliphatic heterocycles. The Labute approximate surface area is 174 Å². The number of amides is 1. The number of ether oxygens (including phenoxy) is 1. The van der Waals surface area contributed by atoms with E-state index in [1.54, 1.807) is 37.3 Å². The van der Waals surface area contributed by atoms with Crippen LogP contribution in [0, 0.1) is 0 Å². The summed E-state index contributed by atoms with van der Waals surface area (Å²) in [6, 6.07) is 16.1. The fourth-order valence-corrected chi connectivity index (χ4v) is 2.89. The zero-order chi connectivity index (χ0) is 21.7. The molecule has 0 aliphatic rings. The van der Waals surface area contributed by atoms with Crippen molar-refractivity contribution in [2.75, 3.05) is 11.9 Å². The lowest BCUT2D eigenvalue weighted by atomic mass is 10.1. The molecule has 1 N–H and O–H groups in total. The highest BCUT2D eigenvalue weighted by Crippen LogP contribution is 2.20. The van der Waals surface area contributed by atoms with E-state index in [1.807, 2.05) is 31.2 Å². The number of rotatable bonds is 7. The Bertz CT molecular complexity index is 1100. The van der Waals surface area contributed by atoms with Gasteiger partial charge in [0.25, 0.3) is 5.56 Å². The first kappa shape index (κ1) is 21.0. The fourth-order valence-electron chi connectivity index (χ4n) is 2.89. The van der Waals surface area contributed by atoms with Crippen LogP contribution in [0.5, 0.6) is 5.75 Å². The van der Waals surface area contributed by atoms with Crippen molar-refractivity contribution in [2.45, 2.75) is 26.8 Å². The second-order valence-corrected chi connectivity index (χ2v) is 6.76. The van der Waals surface area contributed by atoms with Crippen LogP contribution in [0.4, 0.5) is 5.69 Å². The van der Waals surface area contributed by atoms with Crippen LogP contribution >= 0.6 is 0 Å². The van der Waals surface area contributed by atoms with Crippen LogP contribution in [0.1, 0.15) is 37.2 Å². The van der Waals surface area contributed by atoms with Crippen molar-refractivity contribution in [1.29, 1.82) is 0 Å². The molecule has 1 amide bonds. The number of nitrogens with one attached hydrogen (secondary N) is 1. The topological polar surface area (TPSA) is 90.3 Å². The molecule has 0 saturated heterocycles. The van der Waals surface area contributed by atoms with E-state index < -0.39 is 6.04 Å². The zero-order valence-corrected chi connectivity index (χ0v) is 17.1. The number of aromatic nitrogens is 2. The van der Waals surface area contributed by atoms with Crippen molar-refractivity contribution >= 4 is 17.4 Å². The standard InChI is InChI=1S/C23H23N3O4/c1-4-30-20-11-7-18(8-12-20)21-13-14-22(28)26(25-21)15(2)23(29)24-19-9-5-17(6-10-19)16(3)27/h5-15H,4H2,1-3H3,(H,24,29). The molecular weight excluding hydrogens is 382 g/mol. The highest BCUT2D eigenvalue weighted by molar-refractivity contribution is 5.96. The van der Waals surface area contributed by atoms with Gasteiger partial charge >= 0.3 is 0 Å². The Morgan fingerprint density at radius 2 is 1.70 bits per heavy atom. The van der Waals surface area contributed by atoms with Gasteiger partial charge < -0.3 is 10.1 Å². The molecule has 0 saturated carbocycles. The summed E-state index contributed by atoms with van der Waals surface area (Å²) in [6.07, 6.45) is 0. The minimum absolute atomic E-state index is 0.0527. The molecule has 0 aliphatic carbocycles. The second-order valence-electron chi connectivity index (χ2n) is 6.76. The van der Waals surface area contributed by atoms with E-state index in [-0.39, 0.29) is 17.2 Å². The summed E-state index contributed by atoms with van der Waals surface area (Å²) in [6.45, 7) is 5.57. The number of carbonyl (C=O) groups excluding carboxylic acids is 2. The van der Waals surface area contributed by atoms with E-state index in [4.69, 9.17) is 4.74 Å². The summed E-state index contributed by atoms with van der Waals surface area (Å²) in [5, 5.41) is 7.12. The maximum atomic E-state index is 12.7. The number of benzene rings is 2. The van der Waals surface area contributed by atoms with Crippen molar-refractivity contribution in [3.63, 3.8) is 0 Å². The SMILES string of the molecule is CCOc1ccc(-c2ccc(=O)n(C(C)C(=O)Nc3ccc(C(C)=O)cc3)n2)cc1. The fraction of sp³-hybridized carbons (Fsp3) is 0.217. The van der Waals surface area contributed by atoms with Gasteiger partial charge in [-0.1, -0.05) is 0 Å². The van der Waals surface area contributed by atoms with Crippen LogP contribution < -0.4 is 15.6 Å². The first-order valence-electron chi connectivity index (χ1n) is 9.64. The number of nitrogens with zero attached hydrogens (tertiary/aromatic N) is 2. The normalized spacial score (nSPS) is 11.6. The van der Waals surface area contributed by atoms with Crippen molar-refractivity contribution in [2.24, 2.45) is 0 Å². The monoisotopic (exact) mass is 405 g/mol. The second kappa shape index (κ2) is 9.17. The van der Waals surface area contributed by atoms with Crippen LogP contribution in [-0.4, -0.2) is 28.1 Å². The molecule has 0 spiro atoms. The van der Waals surface area contributed by atoms with Gasteiger partial charge in [0, 0.05) is 22.9 Å². The third kappa shape index (κ3) is 4.81. The van der Waals surface area contributed by atoms with E-state index in [0.29, 0.717) is 23.6 Å². The van der Waals surface area contributed by atoms with E-state index >= 15 is 0 Å². The first-order valence-corrected chi connectivity index (χ1v) is 9.64. The molecule has 7 nitrogen and oxygen atoms in total. The number of anilines is 1. The largest absolute Gasteiger partial charge is 0.494 e. The molecule has 0 fully saturated rings. The number of ketones is 1. The number of carbonyl (C=O) groups is 2. The van der Waals surface area contributed by atoms with Gasteiger partial charge in [0.1, 0.15) is 11.8 Å². The van der Waals surface area contributed by atoms with Crippen LogP contribution in [0.15, 0.2) is 65.5 Å². The summed E-state index contributed by atoms with van der Waals surface area (Å²) in [5.41, 5.74) is 2.09. The first-order chi connectivity index (χ1) is 14.4. The van der Waals surface area contributed by atoms with Gasteiger partial charge in [-0.05, 0) is 75.4 Å². The quantitative estimate of drug-likeness (QED) is 0.605. The van der Waals surface area contributed by atoms with Gasteiger partial charge in [-0.2, -0.15) is 5.10 Å². The van der Waals surface area contributed by atoms with Crippen LogP contribution in [0.2, 0.25) is 0 Å². The molecule has 154 valence electrons. The summed E-state index contributed by atoms with van der Waals surface area (Å²) in [4.78, 5) is 36.3. The van der Waals surface area contributed by atoms with Crippen LogP contribution in [0.3, 0.4) is 0 Å². The minimum atomic E-state index is -0.826.